The Kier molecular flexibility index (Phi) is 6.28. The van der Waals surface area contributed by atoms with Crippen LogP contribution in [0.1, 0.15) is 34.8 Å². The molecule has 0 aromatic heterocycles. The molecule has 1 unspecified atom stereocenters. The van der Waals surface area contributed by atoms with Gasteiger partial charge in [-0.2, -0.15) is 5.26 Å². The smallest absolute Gasteiger partial charge is 0.254 e. The minimum Gasteiger partial charge on any atom is -0.334 e. The maximum absolute atomic E-state index is 12.7. The first-order valence-electron chi connectivity index (χ1n) is 7.77. The molecule has 2 aromatic rings. The molecule has 4 nitrogen and oxygen atoms in total. The third-order valence-electron chi connectivity index (χ3n) is 3.67. The highest BCUT2D eigenvalue weighted by molar-refractivity contribution is 7.84. The van der Waals surface area contributed by atoms with Crippen molar-refractivity contribution in [3.05, 3.63) is 65.2 Å². The third kappa shape index (κ3) is 4.53. The number of hydrogen-bond donors (Lipinski definition) is 0. The van der Waals surface area contributed by atoms with E-state index in [4.69, 9.17) is 5.26 Å². The number of carbonyl (C=O) groups excluding carboxylic acids is 1. The SMILES string of the molecule is CCCN(Cc1ccc(C#N)cc1)C(=O)c1ccc(S(C)=O)cc1. The highest BCUT2D eigenvalue weighted by Gasteiger charge is 2.15. The molecule has 1 atom stereocenters. The lowest BCUT2D eigenvalue weighted by molar-refractivity contribution is 0.0743. The van der Waals surface area contributed by atoms with Gasteiger partial charge in [0.1, 0.15) is 0 Å². The maximum atomic E-state index is 12.7. The van der Waals surface area contributed by atoms with Crippen LogP contribution in [0.4, 0.5) is 0 Å². The molecule has 0 fully saturated rings. The summed E-state index contributed by atoms with van der Waals surface area (Å²) in [4.78, 5) is 15.2. The molecule has 1 amide bonds. The predicted octanol–water partition coefficient (Wildman–Crippen LogP) is 3.35. The van der Waals surface area contributed by atoms with E-state index in [1.165, 1.54) is 0 Å². The van der Waals surface area contributed by atoms with E-state index in [-0.39, 0.29) is 5.91 Å². The molecule has 0 spiro atoms. The summed E-state index contributed by atoms with van der Waals surface area (Å²) in [5.41, 5.74) is 2.18. The average molecular weight is 340 g/mol. The minimum atomic E-state index is -1.05. The van der Waals surface area contributed by atoms with Gasteiger partial charge < -0.3 is 4.90 Å². The minimum absolute atomic E-state index is 0.0466. The zero-order valence-corrected chi connectivity index (χ0v) is 14.7. The van der Waals surface area contributed by atoms with Gasteiger partial charge in [-0.3, -0.25) is 9.00 Å². The third-order valence-corrected chi connectivity index (χ3v) is 4.61. The van der Waals surface area contributed by atoms with Crippen molar-refractivity contribution in [2.75, 3.05) is 12.8 Å². The molecule has 0 aliphatic rings. The molecule has 124 valence electrons. The fourth-order valence-corrected chi connectivity index (χ4v) is 2.92. The number of carbonyl (C=O) groups is 1. The Labute approximate surface area is 145 Å². The Morgan fingerprint density at radius 1 is 1.12 bits per heavy atom. The molecule has 0 heterocycles. The maximum Gasteiger partial charge on any atom is 0.254 e. The van der Waals surface area contributed by atoms with Gasteiger partial charge in [-0.05, 0) is 48.4 Å². The molecule has 2 aromatic carbocycles. The van der Waals surface area contributed by atoms with Gasteiger partial charge in [0, 0.05) is 40.6 Å². The van der Waals surface area contributed by atoms with E-state index < -0.39 is 10.8 Å². The summed E-state index contributed by atoms with van der Waals surface area (Å²) in [6.45, 7) is 3.18. The second-order valence-electron chi connectivity index (χ2n) is 5.51. The molecule has 0 radical (unpaired) electrons. The summed E-state index contributed by atoms with van der Waals surface area (Å²) in [6, 6.07) is 16.3. The first-order chi connectivity index (χ1) is 11.5. The van der Waals surface area contributed by atoms with Crippen LogP contribution in [-0.2, 0) is 17.3 Å². The van der Waals surface area contributed by atoms with Crippen LogP contribution in [0.3, 0.4) is 0 Å². The summed E-state index contributed by atoms with van der Waals surface area (Å²) in [7, 11) is -1.05. The monoisotopic (exact) mass is 340 g/mol. The van der Waals surface area contributed by atoms with Crippen molar-refractivity contribution in [2.24, 2.45) is 0 Å². The lowest BCUT2D eigenvalue weighted by Gasteiger charge is -2.22. The Bertz CT molecular complexity index is 761. The molecular formula is C19H20N2O2S. The first kappa shape index (κ1) is 17.9. The Morgan fingerprint density at radius 3 is 2.25 bits per heavy atom. The summed E-state index contributed by atoms with van der Waals surface area (Å²) in [5, 5.41) is 8.86. The Hall–Kier alpha value is -2.45. The van der Waals surface area contributed by atoms with Gasteiger partial charge in [-0.15, -0.1) is 0 Å². The number of rotatable bonds is 6. The summed E-state index contributed by atoms with van der Waals surface area (Å²) in [5.74, 6) is -0.0466. The van der Waals surface area contributed by atoms with Gasteiger partial charge in [-0.1, -0.05) is 19.1 Å². The average Bonchev–Trinajstić information content (AvgIpc) is 2.61. The lowest BCUT2D eigenvalue weighted by Crippen LogP contribution is -2.31. The quantitative estimate of drug-likeness (QED) is 0.810. The molecule has 0 aliphatic heterocycles. The van der Waals surface area contributed by atoms with Gasteiger partial charge in [0.25, 0.3) is 5.91 Å². The van der Waals surface area contributed by atoms with Crippen LogP contribution >= 0.6 is 0 Å². The number of benzene rings is 2. The van der Waals surface area contributed by atoms with Crippen LogP contribution in [0, 0.1) is 11.3 Å². The van der Waals surface area contributed by atoms with Crippen molar-refractivity contribution in [3.8, 4) is 6.07 Å². The van der Waals surface area contributed by atoms with Gasteiger partial charge >= 0.3 is 0 Å². The van der Waals surface area contributed by atoms with Crippen molar-refractivity contribution in [2.45, 2.75) is 24.8 Å². The molecule has 0 saturated carbocycles. The van der Waals surface area contributed by atoms with Crippen molar-refractivity contribution in [1.29, 1.82) is 5.26 Å². The van der Waals surface area contributed by atoms with Crippen LogP contribution in [0.2, 0.25) is 0 Å². The molecule has 0 saturated heterocycles. The largest absolute Gasteiger partial charge is 0.334 e. The summed E-state index contributed by atoms with van der Waals surface area (Å²) < 4.78 is 11.4. The number of nitrogens with zero attached hydrogens (tertiary/aromatic N) is 2. The van der Waals surface area contributed by atoms with Crippen molar-refractivity contribution >= 4 is 16.7 Å². The zero-order valence-electron chi connectivity index (χ0n) is 13.9. The normalized spacial score (nSPS) is 11.5. The number of nitriles is 1. The van der Waals surface area contributed by atoms with E-state index >= 15 is 0 Å². The van der Waals surface area contributed by atoms with Gasteiger partial charge in [0.2, 0.25) is 0 Å². The highest BCUT2D eigenvalue weighted by atomic mass is 32.2. The topological polar surface area (TPSA) is 61.2 Å². The molecule has 0 aliphatic carbocycles. The second-order valence-corrected chi connectivity index (χ2v) is 6.89. The molecule has 2 rings (SSSR count). The Morgan fingerprint density at radius 2 is 1.75 bits per heavy atom. The van der Waals surface area contributed by atoms with E-state index in [0.717, 1.165) is 12.0 Å². The van der Waals surface area contributed by atoms with Crippen molar-refractivity contribution in [1.82, 2.24) is 4.90 Å². The van der Waals surface area contributed by atoms with Crippen LogP contribution in [-0.4, -0.2) is 27.8 Å². The molecular weight excluding hydrogens is 320 g/mol. The van der Waals surface area contributed by atoms with Crippen molar-refractivity contribution in [3.63, 3.8) is 0 Å². The predicted molar refractivity (Wildman–Crippen MR) is 95.0 cm³/mol. The molecule has 5 heteroatoms. The van der Waals surface area contributed by atoms with Gasteiger partial charge in [0.05, 0.1) is 11.6 Å². The van der Waals surface area contributed by atoms with E-state index in [9.17, 15) is 9.00 Å². The number of amides is 1. The van der Waals surface area contributed by atoms with Crippen LogP contribution in [0.25, 0.3) is 0 Å². The fraction of sp³-hybridized carbons (Fsp3) is 0.263. The van der Waals surface area contributed by atoms with Crippen LogP contribution < -0.4 is 0 Å². The van der Waals surface area contributed by atoms with Crippen molar-refractivity contribution < 1.29 is 9.00 Å². The van der Waals surface area contributed by atoms with Crippen LogP contribution in [0.15, 0.2) is 53.4 Å². The van der Waals surface area contributed by atoms with Gasteiger partial charge in [-0.25, -0.2) is 0 Å². The van der Waals surface area contributed by atoms with E-state index in [2.05, 4.69) is 6.07 Å². The van der Waals surface area contributed by atoms with E-state index in [0.29, 0.717) is 29.1 Å². The summed E-state index contributed by atoms with van der Waals surface area (Å²) >= 11 is 0. The summed E-state index contributed by atoms with van der Waals surface area (Å²) in [6.07, 6.45) is 2.48. The van der Waals surface area contributed by atoms with Crippen LogP contribution in [0.5, 0.6) is 0 Å². The Balaban J connectivity index is 2.17. The highest BCUT2D eigenvalue weighted by Crippen LogP contribution is 2.14. The van der Waals surface area contributed by atoms with E-state index in [1.807, 2.05) is 19.1 Å². The number of hydrogen-bond acceptors (Lipinski definition) is 3. The fourth-order valence-electron chi connectivity index (χ4n) is 2.40. The molecule has 0 bridgehead atoms. The molecule has 24 heavy (non-hydrogen) atoms. The van der Waals surface area contributed by atoms with E-state index in [1.54, 1.807) is 47.6 Å². The first-order valence-corrected chi connectivity index (χ1v) is 9.32. The zero-order chi connectivity index (χ0) is 17.5. The standard InChI is InChI=1S/C19H20N2O2S/c1-3-12-21(14-16-6-4-15(13-20)5-7-16)19(22)17-8-10-18(11-9-17)24(2)23/h4-11H,3,12,14H2,1-2H3. The van der Waals surface area contributed by atoms with Gasteiger partial charge in [0.15, 0.2) is 0 Å². The molecule has 0 N–H and O–H groups in total. The lowest BCUT2D eigenvalue weighted by atomic mass is 10.1. The second kappa shape index (κ2) is 8.42.